The molecule has 1 amide bonds. The van der Waals surface area contributed by atoms with Gasteiger partial charge in [-0.15, -0.1) is 0 Å². The van der Waals surface area contributed by atoms with Crippen LogP contribution in [-0.2, 0) is 30.3 Å². The van der Waals surface area contributed by atoms with Crippen LogP contribution in [0.4, 0.5) is 5.69 Å². The smallest absolute Gasteiger partial charge is 0.306 e. The van der Waals surface area contributed by atoms with Crippen LogP contribution in [0.1, 0.15) is 31.2 Å². The van der Waals surface area contributed by atoms with E-state index in [4.69, 9.17) is 4.74 Å². The normalized spacial score (nSPS) is 19.5. The van der Waals surface area contributed by atoms with E-state index in [2.05, 4.69) is 10.1 Å². The number of methoxy groups -OCH3 is 2. The zero-order valence-electron chi connectivity index (χ0n) is 13.4. The maximum absolute atomic E-state index is 12.6. The van der Waals surface area contributed by atoms with E-state index in [1.807, 2.05) is 24.3 Å². The Kier molecular flexibility index (Phi) is 5.36. The van der Waals surface area contributed by atoms with E-state index in [0.29, 0.717) is 19.3 Å². The summed E-state index contributed by atoms with van der Waals surface area (Å²) >= 11 is 0. The number of ether oxygens (including phenoxy) is 2. The van der Waals surface area contributed by atoms with E-state index in [9.17, 15) is 14.4 Å². The van der Waals surface area contributed by atoms with E-state index in [1.54, 1.807) is 0 Å². The number of fused-ring (bicyclic) bond motifs is 1. The molecular weight excluding hydrogens is 298 g/mol. The fourth-order valence-electron chi connectivity index (χ4n) is 2.95. The number of hydrogen-bond acceptors (Lipinski definition) is 5. The summed E-state index contributed by atoms with van der Waals surface area (Å²) in [6, 6.07) is 7.52. The van der Waals surface area contributed by atoms with Crippen molar-refractivity contribution in [3.63, 3.8) is 0 Å². The number of amides is 1. The highest BCUT2D eigenvalue weighted by molar-refractivity contribution is 6.00. The van der Waals surface area contributed by atoms with Crippen molar-refractivity contribution in [1.82, 2.24) is 0 Å². The van der Waals surface area contributed by atoms with Crippen LogP contribution in [0.2, 0.25) is 0 Å². The van der Waals surface area contributed by atoms with Crippen molar-refractivity contribution in [1.29, 1.82) is 0 Å². The molecule has 2 rings (SSSR count). The van der Waals surface area contributed by atoms with Crippen molar-refractivity contribution in [2.45, 2.75) is 32.1 Å². The lowest BCUT2D eigenvalue weighted by Gasteiger charge is -2.36. The molecule has 0 fully saturated rings. The van der Waals surface area contributed by atoms with Crippen molar-refractivity contribution in [2.75, 3.05) is 19.5 Å². The van der Waals surface area contributed by atoms with Crippen molar-refractivity contribution >= 4 is 23.5 Å². The van der Waals surface area contributed by atoms with Crippen LogP contribution in [-0.4, -0.2) is 32.1 Å². The van der Waals surface area contributed by atoms with Gasteiger partial charge in [0.25, 0.3) is 0 Å². The van der Waals surface area contributed by atoms with Gasteiger partial charge in [-0.1, -0.05) is 18.2 Å². The molecular formula is C17H21NO5. The quantitative estimate of drug-likeness (QED) is 0.812. The van der Waals surface area contributed by atoms with E-state index < -0.39 is 11.4 Å². The molecule has 0 spiro atoms. The van der Waals surface area contributed by atoms with Gasteiger partial charge in [-0.3, -0.25) is 14.4 Å². The third-order valence-electron chi connectivity index (χ3n) is 4.25. The molecule has 0 aliphatic carbocycles. The van der Waals surface area contributed by atoms with Gasteiger partial charge in [0, 0.05) is 12.1 Å². The molecule has 0 unspecified atom stereocenters. The molecule has 1 N–H and O–H groups in total. The van der Waals surface area contributed by atoms with Crippen molar-refractivity contribution < 1.29 is 23.9 Å². The van der Waals surface area contributed by atoms with Crippen LogP contribution in [0.5, 0.6) is 0 Å². The highest BCUT2D eigenvalue weighted by atomic mass is 16.5. The number of rotatable bonds is 6. The molecule has 6 nitrogen and oxygen atoms in total. The number of esters is 2. The lowest BCUT2D eigenvalue weighted by atomic mass is 9.71. The van der Waals surface area contributed by atoms with E-state index in [1.165, 1.54) is 14.2 Å². The summed E-state index contributed by atoms with van der Waals surface area (Å²) in [6.07, 6.45) is 1.54. The van der Waals surface area contributed by atoms with Crippen LogP contribution in [0, 0.1) is 5.41 Å². The SMILES string of the molecule is COC(=O)CCC[C@]1(CC(=O)OC)Cc2ccccc2NC1=O. The minimum absolute atomic E-state index is 0.00909. The molecule has 1 aliphatic rings. The predicted molar refractivity (Wildman–Crippen MR) is 83.7 cm³/mol. The summed E-state index contributed by atoms with van der Waals surface area (Å²) in [7, 11) is 2.63. The van der Waals surface area contributed by atoms with Gasteiger partial charge in [0.15, 0.2) is 0 Å². The first kappa shape index (κ1) is 17.0. The molecule has 1 aromatic carbocycles. The van der Waals surface area contributed by atoms with Gasteiger partial charge in [0.05, 0.1) is 26.1 Å². The lowest BCUT2D eigenvalue weighted by molar-refractivity contribution is -0.147. The molecule has 1 atom stereocenters. The van der Waals surface area contributed by atoms with Gasteiger partial charge in [0.2, 0.25) is 5.91 Å². The van der Waals surface area contributed by atoms with Crippen LogP contribution >= 0.6 is 0 Å². The largest absolute Gasteiger partial charge is 0.469 e. The second-order valence-corrected chi connectivity index (χ2v) is 5.75. The first-order valence-corrected chi connectivity index (χ1v) is 7.54. The van der Waals surface area contributed by atoms with Crippen molar-refractivity contribution in [2.24, 2.45) is 5.41 Å². The number of anilines is 1. The number of hydrogen-bond donors (Lipinski definition) is 1. The maximum atomic E-state index is 12.6. The first-order valence-electron chi connectivity index (χ1n) is 7.54. The summed E-state index contributed by atoms with van der Waals surface area (Å²) in [6.45, 7) is 0. The minimum Gasteiger partial charge on any atom is -0.469 e. The number of carbonyl (C=O) groups excluding carboxylic acids is 3. The van der Waals surface area contributed by atoms with Gasteiger partial charge >= 0.3 is 11.9 Å². The van der Waals surface area contributed by atoms with Gasteiger partial charge in [-0.25, -0.2) is 0 Å². The Hall–Kier alpha value is -2.37. The molecule has 0 aromatic heterocycles. The topological polar surface area (TPSA) is 81.7 Å². The summed E-state index contributed by atoms with van der Waals surface area (Å²) in [5.41, 5.74) is 0.857. The van der Waals surface area contributed by atoms with E-state index in [0.717, 1.165) is 11.3 Å². The van der Waals surface area contributed by atoms with Gasteiger partial charge in [-0.05, 0) is 30.9 Å². The third kappa shape index (κ3) is 3.88. The maximum Gasteiger partial charge on any atom is 0.306 e. The molecule has 6 heteroatoms. The highest BCUT2D eigenvalue weighted by Gasteiger charge is 2.43. The Morgan fingerprint density at radius 3 is 2.57 bits per heavy atom. The zero-order chi connectivity index (χ0) is 16.9. The second-order valence-electron chi connectivity index (χ2n) is 5.75. The van der Waals surface area contributed by atoms with Gasteiger partial charge in [-0.2, -0.15) is 0 Å². The molecule has 0 saturated carbocycles. The average Bonchev–Trinajstić information content (AvgIpc) is 2.55. The van der Waals surface area contributed by atoms with Crippen LogP contribution in [0.15, 0.2) is 24.3 Å². The Bertz CT molecular complexity index is 613. The summed E-state index contributed by atoms with van der Waals surface area (Å²) in [5, 5.41) is 2.87. The standard InChI is InChI=1S/C17H21NO5/c1-22-14(19)8-5-9-17(11-15(20)23-2)10-12-6-3-4-7-13(12)18-16(17)21/h3-4,6-7H,5,8-11H2,1-2H3,(H,18,21)/t17-/m1/s1. The van der Waals surface area contributed by atoms with E-state index in [-0.39, 0.29) is 24.7 Å². The Morgan fingerprint density at radius 2 is 1.87 bits per heavy atom. The first-order chi connectivity index (χ1) is 11.0. The molecule has 0 radical (unpaired) electrons. The van der Waals surface area contributed by atoms with E-state index >= 15 is 0 Å². The Balaban J connectivity index is 2.21. The van der Waals surface area contributed by atoms with Gasteiger partial charge in [0.1, 0.15) is 0 Å². The zero-order valence-corrected chi connectivity index (χ0v) is 13.4. The molecule has 1 heterocycles. The van der Waals surface area contributed by atoms with Crippen molar-refractivity contribution in [3.05, 3.63) is 29.8 Å². The predicted octanol–water partition coefficient (Wildman–Crippen LogP) is 2.07. The number of benzene rings is 1. The average molecular weight is 319 g/mol. The number of para-hydroxylation sites is 1. The molecule has 1 aromatic rings. The highest BCUT2D eigenvalue weighted by Crippen LogP contribution is 2.40. The third-order valence-corrected chi connectivity index (χ3v) is 4.25. The summed E-state index contributed by atoms with van der Waals surface area (Å²) < 4.78 is 9.38. The second kappa shape index (κ2) is 7.26. The fraction of sp³-hybridized carbons (Fsp3) is 0.471. The molecule has 124 valence electrons. The van der Waals surface area contributed by atoms with Gasteiger partial charge < -0.3 is 14.8 Å². The minimum atomic E-state index is -0.893. The number of carbonyl (C=O) groups is 3. The molecule has 0 saturated heterocycles. The summed E-state index contributed by atoms with van der Waals surface area (Å²) in [4.78, 5) is 35.7. The Labute approximate surface area is 135 Å². The molecule has 1 aliphatic heterocycles. The lowest BCUT2D eigenvalue weighted by Crippen LogP contribution is -2.43. The molecule has 23 heavy (non-hydrogen) atoms. The number of nitrogens with one attached hydrogen (secondary N) is 1. The van der Waals surface area contributed by atoms with Crippen LogP contribution in [0.3, 0.4) is 0 Å². The Morgan fingerprint density at radius 1 is 1.17 bits per heavy atom. The van der Waals surface area contributed by atoms with Crippen molar-refractivity contribution in [3.8, 4) is 0 Å². The summed E-state index contributed by atoms with van der Waals surface area (Å²) in [5.74, 6) is -0.959. The fourth-order valence-corrected chi connectivity index (χ4v) is 2.95. The molecule has 0 bridgehead atoms. The monoisotopic (exact) mass is 319 g/mol. The van der Waals surface area contributed by atoms with Crippen LogP contribution < -0.4 is 5.32 Å². The van der Waals surface area contributed by atoms with Crippen LogP contribution in [0.25, 0.3) is 0 Å².